The van der Waals surface area contributed by atoms with E-state index >= 15 is 0 Å². The van der Waals surface area contributed by atoms with Gasteiger partial charge in [-0.1, -0.05) is 19.1 Å². The molecule has 0 amide bonds. The molecule has 2 rings (SSSR count). The number of hydrogen-bond acceptors (Lipinski definition) is 3. The topological polar surface area (TPSA) is 53.1 Å². The van der Waals surface area contributed by atoms with E-state index in [0.29, 0.717) is 6.61 Å². The number of rotatable bonds is 6. The molecule has 1 aromatic heterocycles. The van der Waals surface area contributed by atoms with Crippen LogP contribution in [0.5, 0.6) is 5.75 Å². The standard InChI is InChI=1S/C17H25N3O/c1-5-14-10-15(20(6-2)19-14)11-21-17-9-12(3)7-8-16(17)13(4)18/h7-10,13H,5-6,11,18H2,1-4H3/t13-/m0/s1. The van der Waals surface area contributed by atoms with Crippen molar-refractivity contribution in [2.24, 2.45) is 5.73 Å². The van der Waals surface area contributed by atoms with Gasteiger partial charge in [-0.25, -0.2) is 0 Å². The fraction of sp³-hybridized carbons (Fsp3) is 0.471. The first-order valence-corrected chi connectivity index (χ1v) is 7.59. The maximum atomic E-state index is 6.02. The molecule has 4 nitrogen and oxygen atoms in total. The Balaban J connectivity index is 2.19. The van der Waals surface area contributed by atoms with E-state index in [0.717, 1.165) is 35.7 Å². The Morgan fingerprint density at radius 2 is 2.05 bits per heavy atom. The van der Waals surface area contributed by atoms with Gasteiger partial charge in [0.15, 0.2) is 0 Å². The number of aromatic nitrogens is 2. The minimum Gasteiger partial charge on any atom is -0.487 e. The minimum atomic E-state index is -0.0390. The molecule has 1 atom stereocenters. The van der Waals surface area contributed by atoms with Crippen molar-refractivity contribution in [2.75, 3.05) is 0 Å². The van der Waals surface area contributed by atoms with Gasteiger partial charge < -0.3 is 10.5 Å². The van der Waals surface area contributed by atoms with Gasteiger partial charge in [0.25, 0.3) is 0 Å². The summed E-state index contributed by atoms with van der Waals surface area (Å²) >= 11 is 0. The van der Waals surface area contributed by atoms with E-state index in [-0.39, 0.29) is 6.04 Å². The van der Waals surface area contributed by atoms with Gasteiger partial charge in [-0.3, -0.25) is 4.68 Å². The van der Waals surface area contributed by atoms with Crippen LogP contribution in [-0.4, -0.2) is 9.78 Å². The highest BCUT2D eigenvalue weighted by Gasteiger charge is 2.11. The van der Waals surface area contributed by atoms with Crippen LogP contribution in [0.2, 0.25) is 0 Å². The van der Waals surface area contributed by atoms with Gasteiger partial charge in [0.05, 0.1) is 11.4 Å². The lowest BCUT2D eigenvalue weighted by molar-refractivity contribution is 0.288. The third-order valence-corrected chi connectivity index (χ3v) is 3.61. The Morgan fingerprint density at radius 1 is 1.29 bits per heavy atom. The predicted molar refractivity (Wildman–Crippen MR) is 85.4 cm³/mol. The Bertz CT molecular complexity index is 602. The van der Waals surface area contributed by atoms with E-state index in [4.69, 9.17) is 10.5 Å². The fourth-order valence-electron chi connectivity index (χ4n) is 2.37. The second-order valence-electron chi connectivity index (χ2n) is 5.41. The van der Waals surface area contributed by atoms with Crippen molar-refractivity contribution < 1.29 is 4.74 Å². The number of aryl methyl sites for hydroxylation is 3. The van der Waals surface area contributed by atoms with Gasteiger partial charge >= 0.3 is 0 Å². The number of benzene rings is 1. The third kappa shape index (κ3) is 3.64. The molecule has 0 bridgehead atoms. The quantitative estimate of drug-likeness (QED) is 0.886. The third-order valence-electron chi connectivity index (χ3n) is 3.61. The van der Waals surface area contributed by atoms with E-state index < -0.39 is 0 Å². The second kappa shape index (κ2) is 6.76. The van der Waals surface area contributed by atoms with Crippen LogP contribution in [0.3, 0.4) is 0 Å². The van der Waals surface area contributed by atoms with Crippen molar-refractivity contribution in [1.29, 1.82) is 0 Å². The maximum absolute atomic E-state index is 6.02. The van der Waals surface area contributed by atoms with Crippen LogP contribution in [0.1, 0.15) is 49.3 Å². The Morgan fingerprint density at radius 3 is 2.67 bits per heavy atom. The molecule has 0 radical (unpaired) electrons. The highest BCUT2D eigenvalue weighted by atomic mass is 16.5. The van der Waals surface area contributed by atoms with Crippen molar-refractivity contribution >= 4 is 0 Å². The summed E-state index contributed by atoms with van der Waals surface area (Å²) in [4.78, 5) is 0. The normalized spacial score (nSPS) is 12.4. The van der Waals surface area contributed by atoms with Gasteiger partial charge in [0.1, 0.15) is 12.4 Å². The zero-order valence-corrected chi connectivity index (χ0v) is 13.4. The highest BCUT2D eigenvalue weighted by molar-refractivity contribution is 5.39. The van der Waals surface area contributed by atoms with Crippen LogP contribution in [0.25, 0.3) is 0 Å². The second-order valence-corrected chi connectivity index (χ2v) is 5.41. The van der Waals surface area contributed by atoms with E-state index in [2.05, 4.69) is 38.0 Å². The summed E-state index contributed by atoms with van der Waals surface area (Å²) in [5.41, 5.74) is 10.4. The van der Waals surface area contributed by atoms with Gasteiger partial charge in [0, 0.05) is 18.2 Å². The first-order chi connectivity index (χ1) is 10.0. The van der Waals surface area contributed by atoms with Crippen molar-refractivity contribution in [3.05, 3.63) is 46.8 Å². The molecule has 4 heteroatoms. The molecular weight excluding hydrogens is 262 g/mol. The maximum Gasteiger partial charge on any atom is 0.130 e. The molecule has 0 unspecified atom stereocenters. The molecule has 2 aromatic rings. The van der Waals surface area contributed by atoms with Crippen molar-refractivity contribution in [3.63, 3.8) is 0 Å². The zero-order chi connectivity index (χ0) is 15.4. The Hall–Kier alpha value is -1.81. The molecule has 0 saturated carbocycles. The average Bonchev–Trinajstić information content (AvgIpc) is 2.87. The molecule has 1 heterocycles. The zero-order valence-electron chi connectivity index (χ0n) is 13.4. The SMILES string of the molecule is CCc1cc(COc2cc(C)ccc2[C@H](C)N)n(CC)n1. The van der Waals surface area contributed by atoms with Gasteiger partial charge in [0.2, 0.25) is 0 Å². The fourth-order valence-corrected chi connectivity index (χ4v) is 2.37. The van der Waals surface area contributed by atoms with E-state index in [1.54, 1.807) is 0 Å². The smallest absolute Gasteiger partial charge is 0.130 e. The van der Waals surface area contributed by atoms with Crippen LogP contribution in [-0.2, 0) is 19.6 Å². The number of nitrogens with zero attached hydrogens (tertiary/aromatic N) is 2. The molecule has 0 aliphatic heterocycles. The molecule has 0 saturated heterocycles. The van der Waals surface area contributed by atoms with Crippen molar-refractivity contribution in [2.45, 2.75) is 53.3 Å². The van der Waals surface area contributed by atoms with Crippen LogP contribution >= 0.6 is 0 Å². The summed E-state index contributed by atoms with van der Waals surface area (Å²) in [5.74, 6) is 0.868. The molecule has 0 aliphatic rings. The van der Waals surface area contributed by atoms with Crippen molar-refractivity contribution in [3.8, 4) is 5.75 Å². The molecule has 21 heavy (non-hydrogen) atoms. The molecule has 2 N–H and O–H groups in total. The molecule has 0 aliphatic carbocycles. The number of hydrogen-bond donors (Lipinski definition) is 1. The molecular formula is C17H25N3O. The summed E-state index contributed by atoms with van der Waals surface area (Å²) in [6, 6.07) is 8.24. The molecule has 1 aromatic carbocycles. The molecule has 0 fully saturated rings. The van der Waals surface area contributed by atoms with Crippen LogP contribution < -0.4 is 10.5 Å². The van der Waals surface area contributed by atoms with Crippen molar-refractivity contribution in [1.82, 2.24) is 9.78 Å². The monoisotopic (exact) mass is 287 g/mol. The minimum absolute atomic E-state index is 0.0390. The first kappa shape index (κ1) is 15.6. The lowest BCUT2D eigenvalue weighted by Crippen LogP contribution is -2.10. The van der Waals surface area contributed by atoms with Crippen LogP contribution in [0.4, 0.5) is 0 Å². The summed E-state index contributed by atoms with van der Waals surface area (Å²) in [6.07, 6.45) is 0.940. The summed E-state index contributed by atoms with van der Waals surface area (Å²) < 4.78 is 8.03. The highest BCUT2D eigenvalue weighted by Crippen LogP contribution is 2.26. The van der Waals surface area contributed by atoms with Gasteiger partial charge in [-0.15, -0.1) is 0 Å². The van der Waals surface area contributed by atoms with E-state index in [9.17, 15) is 0 Å². The Labute approximate surface area is 126 Å². The van der Waals surface area contributed by atoms with E-state index in [1.807, 2.05) is 23.7 Å². The lowest BCUT2D eigenvalue weighted by Gasteiger charge is -2.15. The largest absolute Gasteiger partial charge is 0.487 e. The lowest BCUT2D eigenvalue weighted by atomic mass is 10.1. The Kier molecular flexibility index (Phi) is 5.02. The average molecular weight is 287 g/mol. The summed E-state index contributed by atoms with van der Waals surface area (Å²) in [5, 5.41) is 4.55. The van der Waals surface area contributed by atoms with Gasteiger partial charge in [-0.2, -0.15) is 5.10 Å². The van der Waals surface area contributed by atoms with Gasteiger partial charge in [-0.05, 0) is 44.9 Å². The number of nitrogens with two attached hydrogens (primary N) is 1. The van der Waals surface area contributed by atoms with Crippen LogP contribution in [0.15, 0.2) is 24.3 Å². The van der Waals surface area contributed by atoms with Crippen LogP contribution in [0, 0.1) is 6.92 Å². The number of ether oxygens (including phenoxy) is 1. The van der Waals surface area contributed by atoms with E-state index in [1.165, 1.54) is 5.56 Å². The summed E-state index contributed by atoms with van der Waals surface area (Å²) in [6.45, 7) is 9.61. The molecule has 0 spiro atoms. The first-order valence-electron chi connectivity index (χ1n) is 7.59. The molecule has 114 valence electrons. The predicted octanol–water partition coefficient (Wildman–Crippen LogP) is 3.37. The summed E-state index contributed by atoms with van der Waals surface area (Å²) in [7, 11) is 0.